The first-order valence-electron chi connectivity index (χ1n) is 7.77. The lowest BCUT2D eigenvalue weighted by Gasteiger charge is -2.27. The Morgan fingerprint density at radius 3 is 2.38 bits per heavy atom. The zero-order chi connectivity index (χ0) is 19.3. The highest BCUT2D eigenvalue weighted by molar-refractivity contribution is 6.33. The Hall–Kier alpha value is -2.25. The van der Waals surface area contributed by atoms with Gasteiger partial charge in [-0.3, -0.25) is 0 Å². The van der Waals surface area contributed by atoms with Crippen molar-refractivity contribution in [3.8, 4) is 16.9 Å². The molecule has 2 aromatic carbocycles. The number of halogens is 4. The number of benzene rings is 2. The van der Waals surface area contributed by atoms with Crippen molar-refractivity contribution in [2.24, 2.45) is 5.73 Å². The van der Waals surface area contributed by atoms with Gasteiger partial charge in [0.1, 0.15) is 11.9 Å². The van der Waals surface area contributed by atoms with Crippen LogP contribution in [0.5, 0.6) is 5.75 Å². The molecule has 1 atom stereocenters. The van der Waals surface area contributed by atoms with Crippen molar-refractivity contribution in [3.05, 3.63) is 53.1 Å². The Morgan fingerprint density at radius 1 is 1.19 bits per heavy atom. The van der Waals surface area contributed by atoms with Crippen molar-refractivity contribution in [2.45, 2.75) is 25.1 Å². The Balaban J connectivity index is 0.000000298. The van der Waals surface area contributed by atoms with Crippen LogP contribution in [0, 0.1) is 0 Å². The van der Waals surface area contributed by atoms with Crippen LogP contribution in [0.4, 0.5) is 13.2 Å². The summed E-state index contributed by atoms with van der Waals surface area (Å²) in [7, 11) is 0. The quantitative estimate of drug-likeness (QED) is 0.806. The highest BCUT2D eigenvalue weighted by Gasteiger charge is 2.38. The van der Waals surface area contributed by atoms with Crippen LogP contribution in [0.1, 0.15) is 12.0 Å². The number of carbonyl (C=O) groups is 1. The molecular formula is C18H17ClF3NO3. The molecule has 0 radical (unpaired) electrons. The third-order valence-corrected chi connectivity index (χ3v) is 4.12. The second-order valence-electron chi connectivity index (χ2n) is 5.59. The number of carboxylic acids is 1. The van der Waals surface area contributed by atoms with Gasteiger partial charge in [-0.2, -0.15) is 13.2 Å². The molecule has 3 N–H and O–H groups in total. The lowest BCUT2D eigenvalue weighted by atomic mass is 9.95. The van der Waals surface area contributed by atoms with Crippen LogP contribution in [-0.4, -0.2) is 29.9 Å². The van der Waals surface area contributed by atoms with Gasteiger partial charge in [-0.1, -0.05) is 48.0 Å². The number of nitrogens with two attached hydrogens (primary N) is 1. The number of para-hydroxylation sites is 1. The molecule has 1 aliphatic rings. The average molecular weight is 388 g/mol. The minimum absolute atomic E-state index is 0.108. The van der Waals surface area contributed by atoms with Crippen LogP contribution < -0.4 is 10.5 Å². The zero-order valence-electron chi connectivity index (χ0n) is 13.6. The number of hydrogen-bond acceptors (Lipinski definition) is 3. The second-order valence-corrected chi connectivity index (χ2v) is 6.00. The van der Waals surface area contributed by atoms with Crippen molar-refractivity contribution in [1.29, 1.82) is 0 Å². The Morgan fingerprint density at radius 2 is 1.81 bits per heavy atom. The third-order valence-electron chi connectivity index (χ3n) is 3.79. The van der Waals surface area contributed by atoms with Crippen LogP contribution in [0.3, 0.4) is 0 Å². The van der Waals surface area contributed by atoms with Crippen LogP contribution >= 0.6 is 11.6 Å². The highest BCUT2D eigenvalue weighted by atomic mass is 35.5. The summed E-state index contributed by atoms with van der Waals surface area (Å²) in [6, 6.07) is 14.1. The fourth-order valence-corrected chi connectivity index (χ4v) is 2.76. The second kappa shape index (κ2) is 8.42. The Labute approximate surface area is 153 Å². The molecular weight excluding hydrogens is 371 g/mol. The number of hydrogen-bond donors (Lipinski definition) is 2. The molecule has 0 aliphatic carbocycles. The van der Waals surface area contributed by atoms with E-state index >= 15 is 0 Å². The summed E-state index contributed by atoms with van der Waals surface area (Å²) in [5.41, 5.74) is 9.04. The van der Waals surface area contributed by atoms with Gasteiger partial charge in [0, 0.05) is 22.7 Å². The van der Waals surface area contributed by atoms with Crippen LogP contribution in [0.25, 0.3) is 11.1 Å². The minimum atomic E-state index is -5.08. The lowest BCUT2D eigenvalue weighted by Crippen LogP contribution is -2.30. The maximum absolute atomic E-state index is 10.6. The lowest BCUT2D eigenvalue weighted by molar-refractivity contribution is -0.192. The largest absolute Gasteiger partial charge is 0.490 e. The SMILES string of the molecule is NCC1CCc2cccc(-c3ccccc3Cl)c2O1.O=C(O)C(F)(F)F. The van der Waals surface area contributed by atoms with Crippen LogP contribution in [0.15, 0.2) is 42.5 Å². The van der Waals surface area contributed by atoms with E-state index in [-0.39, 0.29) is 6.10 Å². The number of ether oxygens (including phenoxy) is 1. The summed E-state index contributed by atoms with van der Waals surface area (Å²) in [6.07, 6.45) is -2.98. The molecule has 0 aromatic heterocycles. The number of alkyl halides is 3. The van der Waals surface area contributed by atoms with E-state index in [2.05, 4.69) is 18.2 Å². The maximum Gasteiger partial charge on any atom is 0.490 e. The van der Waals surface area contributed by atoms with Gasteiger partial charge >= 0.3 is 12.1 Å². The molecule has 8 heteroatoms. The molecule has 1 aliphatic heterocycles. The Kier molecular flexibility index (Phi) is 6.50. The van der Waals surface area contributed by atoms with Crippen molar-refractivity contribution in [2.75, 3.05) is 6.54 Å². The van der Waals surface area contributed by atoms with Gasteiger partial charge < -0.3 is 15.6 Å². The van der Waals surface area contributed by atoms with Crippen molar-refractivity contribution >= 4 is 17.6 Å². The molecule has 0 bridgehead atoms. The molecule has 0 spiro atoms. The molecule has 0 saturated heterocycles. The van der Waals surface area contributed by atoms with E-state index in [9.17, 15) is 13.2 Å². The molecule has 0 fully saturated rings. The normalized spacial score (nSPS) is 16.0. The molecule has 2 aromatic rings. The van der Waals surface area contributed by atoms with Crippen molar-refractivity contribution in [3.63, 3.8) is 0 Å². The van der Waals surface area contributed by atoms with E-state index in [0.717, 1.165) is 34.7 Å². The summed E-state index contributed by atoms with van der Waals surface area (Å²) in [4.78, 5) is 8.90. The smallest absolute Gasteiger partial charge is 0.488 e. The maximum atomic E-state index is 10.6. The van der Waals surface area contributed by atoms with E-state index in [0.29, 0.717) is 6.54 Å². The Bertz CT molecular complexity index is 781. The molecule has 1 unspecified atom stereocenters. The topological polar surface area (TPSA) is 72.5 Å². The summed E-state index contributed by atoms with van der Waals surface area (Å²) in [5, 5.41) is 7.87. The monoisotopic (exact) mass is 387 g/mol. The van der Waals surface area contributed by atoms with Crippen LogP contribution in [0.2, 0.25) is 5.02 Å². The number of fused-ring (bicyclic) bond motifs is 1. The number of carboxylic acid groups (broad SMARTS) is 1. The fourth-order valence-electron chi connectivity index (χ4n) is 2.52. The van der Waals surface area contributed by atoms with E-state index < -0.39 is 12.1 Å². The average Bonchev–Trinajstić information content (AvgIpc) is 2.61. The predicted molar refractivity (Wildman–Crippen MR) is 92.4 cm³/mol. The van der Waals surface area contributed by atoms with Gasteiger partial charge in [-0.05, 0) is 24.5 Å². The standard InChI is InChI=1S/C16H16ClNO.C2HF3O2/c17-15-7-2-1-5-13(15)14-6-3-4-11-8-9-12(10-18)19-16(11)14;3-2(4,5)1(6)7/h1-7,12H,8-10,18H2;(H,6,7). The van der Waals surface area contributed by atoms with E-state index in [1.165, 1.54) is 5.56 Å². The molecule has 140 valence electrons. The predicted octanol–water partition coefficient (Wildman–Crippen LogP) is 4.29. The van der Waals surface area contributed by atoms with E-state index in [1.807, 2.05) is 24.3 Å². The van der Waals surface area contributed by atoms with Gasteiger partial charge in [0.15, 0.2) is 0 Å². The fraction of sp³-hybridized carbons (Fsp3) is 0.278. The summed E-state index contributed by atoms with van der Waals surface area (Å²) in [6.45, 7) is 0.552. The highest BCUT2D eigenvalue weighted by Crippen LogP contribution is 2.40. The molecule has 0 saturated carbocycles. The molecule has 3 rings (SSSR count). The number of aliphatic carboxylic acids is 1. The van der Waals surface area contributed by atoms with Gasteiger partial charge in [-0.15, -0.1) is 0 Å². The number of aryl methyl sites for hydroxylation is 1. The van der Waals surface area contributed by atoms with E-state index in [4.69, 9.17) is 32.0 Å². The minimum Gasteiger partial charge on any atom is -0.488 e. The molecule has 1 heterocycles. The van der Waals surface area contributed by atoms with Gasteiger partial charge in [0.2, 0.25) is 0 Å². The summed E-state index contributed by atoms with van der Waals surface area (Å²) >= 11 is 6.29. The first-order valence-corrected chi connectivity index (χ1v) is 8.15. The van der Waals surface area contributed by atoms with Crippen LogP contribution in [-0.2, 0) is 11.2 Å². The van der Waals surface area contributed by atoms with Gasteiger partial charge in [-0.25, -0.2) is 4.79 Å². The summed E-state index contributed by atoms with van der Waals surface area (Å²) < 4.78 is 37.8. The van der Waals surface area contributed by atoms with Gasteiger partial charge in [0.25, 0.3) is 0 Å². The first kappa shape index (κ1) is 20.1. The summed E-state index contributed by atoms with van der Waals surface area (Å²) in [5.74, 6) is -1.81. The first-order chi connectivity index (χ1) is 12.2. The molecule has 26 heavy (non-hydrogen) atoms. The molecule has 4 nitrogen and oxygen atoms in total. The zero-order valence-corrected chi connectivity index (χ0v) is 14.3. The third kappa shape index (κ3) is 4.89. The van der Waals surface area contributed by atoms with E-state index in [1.54, 1.807) is 0 Å². The van der Waals surface area contributed by atoms with Crippen molar-refractivity contribution < 1.29 is 27.8 Å². The van der Waals surface area contributed by atoms with Crippen molar-refractivity contribution in [1.82, 2.24) is 0 Å². The molecule has 0 amide bonds. The number of rotatable bonds is 2. The van der Waals surface area contributed by atoms with Gasteiger partial charge in [0.05, 0.1) is 0 Å².